The first-order valence-corrected chi connectivity index (χ1v) is 12.3. The van der Waals surface area contributed by atoms with Gasteiger partial charge in [0.15, 0.2) is 9.84 Å². The minimum Gasteiger partial charge on any atom is -0.321 e. The molecule has 0 saturated heterocycles. The van der Waals surface area contributed by atoms with E-state index < -0.39 is 9.84 Å². The number of hydrogen-bond acceptors (Lipinski definition) is 6. The van der Waals surface area contributed by atoms with Gasteiger partial charge in [-0.15, -0.1) is 11.8 Å². The van der Waals surface area contributed by atoms with Gasteiger partial charge in [0.1, 0.15) is 6.61 Å². The van der Waals surface area contributed by atoms with Crippen LogP contribution in [0.2, 0.25) is 5.02 Å². The summed E-state index contributed by atoms with van der Waals surface area (Å²) < 4.78 is 25.0. The third kappa shape index (κ3) is 6.32. The molecular weight excluding hydrogens is 458 g/mol. The van der Waals surface area contributed by atoms with Crippen molar-refractivity contribution in [1.29, 1.82) is 0 Å². The first-order chi connectivity index (χ1) is 14.9. The molecule has 0 aliphatic heterocycles. The van der Waals surface area contributed by atoms with E-state index in [1.165, 1.54) is 23.9 Å². The zero-order chi connectivity index (χ0) is 22.3. The Balaban J connectivity index is 1.68. The van der Waals surface area contributed by atoms with Gasteiger partial charge < -0.3 is 5.32 Å². The molecule has 0 radical (unpaired) electrons. The highest BCUT2D eigenvalue weighted by Gasteiger charge is 2.16. The Morgan fingerprint density at radius 2 is 1.68 bits per heavy atom. The summed E-state index contributed by atoms with van der Waals surface area (Å²) in [5, 5.41) is 12.1. The molecule has 162 valence electrons. The first-order valence-electron chi connectivity index (χ1n) is 9.26. The van der Waals surface area contributed by atoms with Crippen LogP contribution in [-0.2, 0) is 21.3 Å². The van der Waals surface area contributed by atoms with Crippen molar-refractivity contribution in [3.8, 4) is 0 Å². The lowest BCUT2D eigenvalue weighted by Crippen LogP contribution is -2.15. The fourth-order valence-corrected chi connectivity index (χ4v) is 5.64. The quantitative estimate of drug-likeness (QED) is 0.251. The summed E-state index contributed by atoms with van der Waals surface area (Å²) in [7, 11) is -3.44. The summed E-state index contributed by atoms with van der Waals surface area (Å²) in [6, 6.07) is 20.0. The van der Waals surface area contributed by atoms with Gasteiger partial charge >= 0.3 is 0 Å². The maximum Gasteiger partial charge on any atom is 0.256 e. The molecule has 3 aromatic carbocycles. The number of sulfone groups is 1. The average molecular weight is 478 g/mol. The molecule has 0 saturated carbocycles. The average Bonchev–Trinajstić information content (AvgIpc) is 2.76. The van der Waals surface area contributed by atoms with Crippen LogP contribution in [0.1, 0.15) is 15.9 Å². The highest BCUT2D eigenvalue weighted by molar-refractivity contribution is 8.00. The molecule has 2 N–H and O–H groups in total. The van der Waals surface area contributed by atoms with Crippen LogP contribution in [0.4, 0.5) is 5.69 Å². The minimum atomic E-state index is -3.44. The Morgan fingerprint density at radius 3 is 2.42 bits per heavy atom. The first kappa shape index (κ1) is 23.3. The summed E-state index contributed by atoms with van der Waals surface area (Å²) in [6.45, 7) is -0.109. The minimum absolute atomic E-state index is 0.0573. The van der Waals surface area contributed by atoms with Gasteiger partial charge in [-0.1, -0.05) is 41.9 Å². The lowest BCUT2D eigenvalue weighted by molar-refractivity contribution is -0.253. The van der Waals surface area contributed by atoms with E-state index in [4.69, 9.17) is 16.9 Å². The van der Waals surface area contributed by atoms with Gasteiger partial charge in [0, 0.05) is 21.2 Å². The van der Waals surface area contributed by atoms with Crippen LogP contribution in [0.25, 0.3) is 0 Å². The summed E-state index contributed by atoms with van der Waals surface area (Å²) in [6.07, 6.45) is 0. The molecule has 0 aliphatic carbocycles. The summed E-state index contributed by atoms with van der Waals surface area (Å²) >= 11 is 7.16. The normalized spacial score (nSPS) is 11.3. The Kier molecular flexibility index (Phi) is 8.11. The Labute approximate surface area is 190 Å². The Bertz CT molecular complexity index is 1150. The lowest BCUT2D eigenvalue weighted by Gasteiger charge is -2.13. The van der Waals surface area contributed by atoms with Crippen molar-refractivity contribution in [1.82, 2.24) is 0 Å². The van der Waals surface area contributed by atoms with Crippen molar-refractivity contribution in [3.63, 3.8) is 0 Å². The second-order valence-electron chi connectivity index (χ2n) is 6.50. The van der Waals surface area contributed by atoms with Crippen molar-refractivity contribution in [2.24, 2.45) is 0 Å². The summed E-state index contributed by atoms with van der Waals surface area (Å²) in [5.41, 5.74) is 1.49. The van der Waals surface area contributed by atoms with Gasteiger partial charge in [-0.05, 0) is 48.0 Å². The molecule has 0 unspecified atom stereocenters. The fraction of sp³-hybridized carbons (Fsp3) is 0.136. The second-order valence-corrected chi connectivity index (χ2v) is 10.2. The molecule has 3 rings (SSSR count). The third-order valence-corrected chi connectivity index (χ3v) is 7.72. The topological polar surface area (TPSA) is 92.7 Å². The molecular formula is C22H20ClNO5S2. The number of amides is 1. The number of nitrogens with one attached hydrogen (secondary N) is 1. The van der Waals surface area contributed by atoms with Crippen LogP contribution < -0.4 is 5.32 Å². The predicted molar refractivity (Wildman–Crippen MR) is 122 cm³/mol. The number of para-hydroxylation sites is 1. The zero-order valence-corrected chi connectivity index (χ0v) is 18.7. The predicted octanol–water partition coefficient (Wildman–Crippen LogP) is 5.15. The van der Waals surface area contributed by atoms with E-state index in [9.17, 15) is 13.2 Å². The van der Waals surface area contributed by atoms with Gasteiger partial charge in [0.2, 0.25) is 0 Å². The van der Waals surface area contributed by atoms with E-state index in [0.29, 0.717) is 27.6 Å². The molecule has 3 aromatic rings. The number of hydrogen-bond donors (Lipinski definition) is 2. The molecule has 0 spiro atoms. The van der Waals surface area contributed by atoms with E-state index in [1.54, 1.807) is 48.5 Å². The van der Waals surface area contributed by atoms with E-state index >= 15 is 0 Å². The van der Waals surface area contributed by atoms with E-state index in [-0.39, 0.29) is 23.2 Å². The van der Waals surface area contributed by atoms with Gasteiger partial charge in [-0.25, -0.2) is 13.3 Å². The SMILES string of the molecule is O=C(Nc1ccccc1SCCS(=O)(=O)c1ccc(Cl)cc1)c1ccccc1COO. The highest BCUT2D eigenvalue weighted by Crippen LogP contribution is 2.28. The number of rotatable bonds is 9. The van der Waals surface area contributed by atoms with Gasteiger partial charge in [0.25, 0.3) is 5.91 Å². The maximum atomic E-state index is 12.7. The summed E-state index contributed by atoms with van der Waals surface area (Å²) in [4.78, 5) is 17.9. The third-order valence-electron chi connectivity index (χ3n) is 4.40. The highest BCUT2D eigenvalue weighted by atomic mass is 35.5. The monoisotopic (exact) mass is 477 g/mol. The molecule has 1 amide bonds. The number of anilines is 1. The van der Waals surface area contributed by atoms with Crippen molar-refractivity contribution < 1.29 is 23.4 Å². The van der Waals surface area contributed by atoms with Crippen molar-refractivity contribution in [2.45, 2.75) is 16.4 Å². The molecule has 0 bridgehead atoms. The van der Waals surface area contributed by atoms with E-state index in [2.05, 4.69) is 10.2 Å². The van der Waals surface area contributed by atoms with Crippen LogP contribution in [0.3, 0.4) is 0 Å². The fourth-order valence-electron chi connectivity index (χ4n) is 2.84. The van der Waals surface area contributed by atoms with Crippen LogP contribution in [0.15, 0.2) is 82.6 Å². The van der Waals surface area contributed by atoms with Crippen LogP contribution in [-0.4, -0.2) is 31.1 Å². The van der Waals surface area contributed by atoms with E-state index in [1.807, 2.05) is 12.1 Å². The van der Waals surface area contributed by atoms with Gasteiger partial charge in [0.05, 0.1) is 16.3 Å². The number of halogens is 1. The zero-order valence-electron chi connectivity index (χ0n) is 16.3. The molecule has 0 aliphatic rings. The number of carbonyl (C=O) groups excluding carboxylic acids is 1. The summed E-state index contributed by atoms with van der Waals surface area (Å²) in [5.74, 6) is -0.0973. The Morgan fingerprint density at radius 1 is 1.00 bits per heavy atom. The number of benzene rings is 3. The molecule has 9 heteroatoms. The smallest absolute Gasteiger partial charge is 0.256 e. The lowest BCUT2D eigenvalue weighted by atomic mass is 10.1. The van der Waals surface area contributed by atoms with Crippen molar-refractivity contribution in [2.75, 3.05) is 16.8 Å². The largest absolute Gasteiger partial charge is 0.321 e. The molecule has 0 atom stereocenters. The van der Waals surface area contributed by atoms with E-state index in [0.717, 1.165) is 4.90 Å². The maximum absolute atomic E-state index is 12.7. The molecule has 0 heterocycles. The van der Waals surface area contributed by atoms with Crippen molar-refractivity contribution in [3.05, 3.63) is 88.9 Å². The van der Waals surface area contributed by atoms with Crippen LogP contribution in [0.5, 0.6) is 0 Å². The second kappa shape index (κ2) is 10.8. The number of carbonyl (C=O) groups is 1. The molecule has 31 heavy (non-hydrogen) atoms. The van der Waals surface area contributed by atoms with Crippen LogP contribution in [0, 0.1) is 0 Å². The standard InChI is InChI=1S/C22H20ClNO5S2/c23-17-9-11-18(12-10-17)31(27,28)14-13-30-21-8-4-3-7-20(21)24-22(25)19-6-2-1-5-16(19)15-29-26/h1-12,26H,13-15H2,(H,24,25). The van der Waals surface area contributed by atoms with Crippen molar-refractivity contribution >= 4 is 44.8 Å². The molecule has 6 nitrogen and oxygen atoms in total. The molecule has 0 aromatic heterocycles. The van der Waals surface area contributed by atoms with Gasteiger partial charge in [-0.2, -0.15) is 0 Å². The Hall–Kier alpha value is -2.36. The van der Waals surface area contributed by atoms with Gasteiger partial charge in [-0.3, -0.25) is 10.1 Å². The van der Waals surface area contributed by atoms with Crippen LogP contribution >= 0.6 is 23.4 Å². The molecule has 0 fully saturated rings. The number of thioether (sulfide) groups is 1.